The predicted molar refractivity (Wildman–Crippen MR) is 82.4 cm³/mol. The van der Waals surface area contributed by atoms with Crippen molar-refractivity contribution in [3.05, 3.63) is 23.9 Å². The molecule has 22 heavy (non-hydrogen) atoms. The van der Waals surface area contributed by atoms with Crippen molar-refractivity contribution in [3.63, 3.8) is 0 Å². The van der Waals surface area contributed by atoms with Gasteiger partial charge in [-0.2, -0.15) is 0 Å². The van der Waals surface area contributed by atoms with E-state index in [0.717, 1.165) is 0 Å². The monoisotopic (exact) mass is 305 g/mol. The van der Waals surface area contributed by atoms with E-state index in [9.17, 15) is 9.59 Å². The van der Waals surface area contributed by atoms with E-state index in [2.05, 4.69) is 18.8 Å². The van der Waals surface area contributed by atoms with E-state index in [1.54, 1.807) is 17.0 Å². The molecule has 0 unspecified atom stereocenters. The van der Waals surface area contributed by atoms with Crippen LogP contribution in [-0.2, 0) is 4.79 Å². The molecule has 1 saturated heterocycles. The molecule has 1 aliphatic rings. The molecule has 2 N–H and O–H groups in total. The summed E-state index contributed by atoms with van der Waals surface area (Å²) in [6.07, 6.45) is 2.80. The molecule has 2 amide bonds. The minimum absolute atomic E-state index is 0.0640. The van der Waals surface area contributed by atoms with Crippen molar-refractivity contribution < 1.29 is 14.3 Å². The Kier molecular flexibility index (Phi) is 5.35. The molecule has 2 rings (SSSR count). The highest BCUT2D eigenvalue weighted by molar-refractivity contribution is 5.94. The average Bonchev–Trinajstić information content (AvgIpc) is 2.53. The van der Waals surface area contributed by atoms with Crippen molar-refractivity contribution in [3.8, 4) is 5.88 Å². The van der Waals surface area contributed by atoms with Gasteiger partial charge < -0.3 is 15.4 Å². The molecule has 1 aliphatic heterocycles. The Bertz CT molecular complexity index is 520. The number of aromatic nitrogens is 1. The van der Waals surface area contributed by atoms with E-state index < -0.39 is 0 Å². The minimum Gasteiger partial charge on any atom is -0.477 e. The van der Waals surface area contributed by atoms with E-state index in [-0.39, 0.29) is 17.7 Å². The maximum Gasteiger partial charge on any atom is 0.255 e. The minimum atomic E-state index is -0.277. The predicted octanol–water partition coefficient (Wildman–Crippen LogP) is 1.45. The second-order valence-corrected chi connectivity index (χ2v) is 6.06. The van der Waals surface area contributed by atoms with Crippen LogP contribution in [0.4, 0.5) is 0 Å². The summed E-state index contributed by atoms with van der Waals surface area (Å²) in [5.41, 5.74) is 5.84. The molecule has 120 valence electrons. The topological polar surface area (TPSA) is 85.5 Å². The highest BCUT2D eigenvalue weighted by Crippen LogP contribution is 2.19. The first-order valence-corrected chi connectivity index (χ1v) is 7.65. The van der Waals surface area contributed by atoms with Crippen LogP contribution in [0.1, 0.15) is 37.0 Å². The third-order valence-electron chi connectivity index (χ3n) is 3.73. The largest absolute Gasteiger partial charge is 0.477 e. The second-order valence-electron chi connectivity index (χ2n) is 6.06. The van der Waals surface area contributed by atoms with Gasteiger partial charge in [0.15, 0.2) is 0 Å². The van der Waals surface area contributed by atoms with Crippen LogP contribution < -0.4 is 10.5 Å². The molecule has 2 heterocycles. The average molecular weight is 305 g/mol. The van der Waals surface area contributed by atoms with Crippen LogP contribution in [0.3, 0.4) is 0 Å². The first-order chi connectivity index (χ1) is 10.5. The van der Waals surface area contributed by atoms with Gasteiger partial charge in [-0.1, -0.05) is 13.8 Å². The number of ether oxygens (including phenoxy) is 1. The number of hydrogen-bond donors (Lipinski definition) is 1. The molecule has 6 heteroatoms. The van der Waals surface area contributed by atoms with Crippen LogP contribution in [0.5, 0.6) is 5.88 Å². The van der Waals surface area contributed by atoms with Crippen LogP contribution in [0.2, 0.25) is 0 Å². The highest BCUT2D eigenvalue weighted by atomic mass is 16.5. The summed E-state index contributed by atoms with van der Waals surface area (Å²) in [5.74, 6) is 0.493. The highest BCUT2D eigenvalue weighted by Gasteiger charge is 2.26. The SMILES string of the molecule is CC(C)COc1ccc(C(=O)N2CCC(C(N)=O)CC2)cn1. The molecule has 0 atom stereocenters. The first kappa shape index (κ1) is 16.3. The second kappa shape index (κ2) is 7.24. The Hall–Kier alpha value is -2.11. The molecule has 1 aromatic heterocycles. The first-order valence-electron chi connectivity index (χ1n) is 7.65. The smallest absolute Gasteiger partial charge is 0.255 e. The van der Waals surface area contributed by atoms with E-state index >= 15 is 0 Å². The maximum atomic E-state index is 12.4. The Morgan fingerprint density at radius 3 is 2.55 bits per heavy atom. The van der Waals surface area contributed by atoms with Gasteiger partial charge in [0.1, 0.15) is 0 Å². The Morgan fingerprint density at radius 2 is 2.05 bits per heavy atom. The summed E-state index contributed by atoms with van der Waals surface area (Å²) in [7, 11) is 0. The van der Waals surface area contributed by atoms with Crippen molar-refractivity contribution in [1.82, 2.24) is 9.88 Å². The normalized spacial score (nSPS) is 15.9. The third kappa shape index (κ3) is 4.19. The number of piperidine rings is 1. The Morgan fingerprint density at radius 1 is 1.36 bits per heavy atom. The fraction of sp³-hybridized carbons (Fsp3) is 0.562. The van der Waals surface area contributed by atoms with Gasteiger partial charge in [0.25, 0.3) is 5.91 Å². The molecule has 0 saturated carbocycles. The molecule has 0 aromatic carbocycles. The standard InChI is InChI=1S/C16H23N3O3/c1-11(2)10-22-14-4-3-13(9-18-14)16(21)19-7-5-12(6-8-19)15(17)20/h3-4,9,11-12H,5-8,10H2,1-2H3,(H2,17,20). The number of pyridine rings is 1. The lowest BCUT2D eigenvalue weighted by atomic mass is 9.96. The number of carbonyl (C=O) groups excluding carboxylic acids is 2. The van der Waals surface area contributed by atoms with Crippen LogP contribution >= 0.6 is 0 Å². The van der Waals surface area contributed by atoms with E-state index in [1.165, 1.54) is 6.20 Å². The number of primary amides is 1. The van der Waals surface area contributed by atoms with Gasteiger partial charge in [-0.15, -0.1) is 0 Å². The fourth-order valence-electron chi connectivity index (χ4n) is 2.39. The quantitative estimate of drug-likeness (QED) is 0.892. The number of carbonyl (C=O) groups is 2. The van der Waals surface area contributed by atoms with Crippen molar-refractivity contribution in [2.45, 2.75) is 26.7 Å². The summed E-state index contributed by atoms with van der Waals surface area (Å²) in [4.78, 5) is 29.4. The van der Waals surface area contributed by atoms with Crippen molar-refractivity contribution in [2.24, 2.45) is 17.6 Å². The molecule has 0 bridgehead atoms. The summed E-state index contributed by atoms with van der Waals surface area (Å²) >= 11 is 0. The lowest BCUT2D eigenvalue weighted by molar-refractivity contribution is -0.123. The van der Waals surface area contributed by atoms with Crippen LogP contribution in [0.15, 0.2) is 18.3 Å². The van der Waals surface area contributed by atoms with E-state index in [0.29, 0.717) is 49.9 Å². The molecule has 0 radical (unpaired) electrons. The van der Waals surface area contributed by atoms with E-state index in [4.69, 9.17) is 10.5 Å². The summed E-state index contributed by atoms with van der Waals surface area (Å²) in [5, 5.41) is 0. The van der Waals surface area contributed by atoms with Gasteiger partial charge in [0, 0.05) is 31.3 Å². The van der Waals surface area contributed by atoms with Gasteiger partial charge in [-0.3, -0.25) is 9.59 Å². The summed E-state index contributed by atoms with van der Waals surface area (Å²) < 4.78 is 5.50. The number of rotatable bonds is 5. The molecular weight excluding hydrogens is 282 g/mol. The lowest BCUT2D eigenvalue weighted by Gasteiger charge is -2.30. The molecule has 0 spiro atoms. The van der Waals surface area contributed by atoms with Gasteiger partial charge in [-0.05, 0) is 24.8 Å². The van der Waals surface area contributed by atoms with Crippen molar-refractivity contribution in [1.29, 1.82) is 0 Å². The van der Waals surface area contributed by atoms with Crippen LogP contribution in [0, 0.1) is 11.8 Å². The third-order valence-corrected chi connectivity index (χ3v) is 3.73. The Labute approximate surface area is 130 Å². The van der Waals surface area contributed by atoms with Crippen molar-refractivity contribution >= 4 is 11.8 Å². The summed E-state index contributed by atoms with van der Waals surface area (Å²) in [6, 6.07) is 3.44. The van der Waals surface area contributed by atoms with Crippen LogP contribution in [0.25, 0.3) is 0 Å². The molecular formula is C16H23N3O3. The number of amides is 2. The Balaban J connectivity index is 1.91. The van der Waals surface area contributed by atoms with Gasteiger partial charge in [-0.25, -0.2) is 4.98 Å². The van der Waals surface area contributed by atoms with Gasteiger partial charge in [0.05, 0.1) is 12.2 Å². The maximum absolute atomic E-state index is 12.4. The zero-order chi connectivity index (χ0) is 16.1. The molecule has 1 aromatic rings. The molecule has 0 aliphatic carbocycles. The zero-order valence-corrected chi connectivity index (χ0v) is 13.1. The molecule has 6 nitrogen and oxygen atoms in total. The number of likely N-dealkylation sites (tertiary alicyclic amines) is 1. The van der Waals surface area contributed by atoms with Gasteiger partial charge in [0.2, 0.25) is 11.8 Å². The van der Waals surface area contributed by atoms with Crippen LogP contribution in [-0.4, -0.2) is 41.4 Å². The number of hydrogen-bond acceptors (Lipinski definition) is 4. The van der Waals surface area contributed by atoms with Crippen molar-refractivity contribution in [2.75, 3.05) is 19.7 Å². The number of nitrogens with zero attached hydrogens (tertiary/aromatic N) is 2. The molecule has 1 fully saturated rings. The van der Waals surface area contributed by atoms with Gasteiger partial charge >= 0.3 is 0 Å². The fourth-order valence-corrected chi connectivity index (χ4v) is 2.39. The summed E-state index contributed by atoms with van der Waals surface area (Å²) in [6.45, 7) is 5.83. The van der Waals surface area contributed by atoms with E-state index in [1.807, 2.05) is 0 Å². The lowest BCUT2D eigenvalue weighted by Crippen LogP contribution is -2.41. The number of nitrogens with two attached hydrogens (primary N) is 1. The zero-order valence-electron chi connectivity index (χ0n) is 13.1.